The molecule has 0 aromatic heterocycles. The molecule has 3 fully saturated rings. The third-order valence-electron chi connectivity index (χ3n) is 12.8. The number of ketones is 1. The molecule has 2 N–H and O–H groups in total. The molecule has 0 spiro atoms. The second-order valence-corrected chi connectivity index (χ2v) is 14.1. The molecule has 0 saturated heterocycles. The van der Waals surface area contributed by atoms with Gasteiger partial charge in [0.2, 0.25) is 0 Å². The third kappa shape index (κ3) is 2.59. The van der Waals surface area contributed by atoms with Gasteiger partial charge in [0, 0.05) is 11.3 Å². The molecule has 0 radical (unpaired) electrons. The molecule has 4 nitrogen and oxygen atoms in total. The fourth-order valence-electron chi connectivity index (χ4n) is 10.2. The summed E-state index contributed by atoms with van der Waals surface area (Å²) in [6, 6.07) is 0. The number of hydrogen-bond acceptors (Lipinski definition) is 3. The molecule has 0 aromatic carbocycles. The topological polar surface area (TPSA) is 74.6 Å². The summed E-state index contributed by atoms with van der Waals surface area (Å²) in [5, 5.41) is 22.4. The Labute approximate surface area is 205 Å². The molecule has 0 amide bonds. The fourth-order valence-corrected chi connectivity index (χ4v) is 10.2. The molecule has 0 bridgehead atoms. The van der Waals surface area contributed by atoms with Crippen molar-refractivity contribution in [1.82, 2.24) is 0 Å². The van der Waals surface area contributed by atoms with Gasteiger partial charge in [0.25, 0.3) is 0 Å². The Bertz CT molecular complexity index is 1000. The predicted molar refractivity (Wildman–Crippen MR) is 133 cm³/mol. The van der Waals surface area contributed by atoms with Crippen molar-refractivity contribution in [2.45, 2.75) is 99.0 Å². The van der Waals surface area contributed by atoms with Crippen LogP contribution in [-0.4, -0.2) is 27.6 Å². The van der Waals surface area contributed by atoms with Crippen molar-refractivity contribution in [3.8, 4) is 0 Å². The first-order chi connectivity index (χ1) is 15.6. The lowest BCUT2D eigenvalue weighted by atomic mass is 9.33. The minimum atomic E-state index is -1.03. The van der Waals surface area contributed by atoms with Crippen molar-refractivity contribution in [2.24, 2.45) is 50.7 Å². The Balaban J connectivity index is 1.67. The molecule has 0 aromatic rings. The maximum absolute atomic E-state index is 12.8. The Hall–Kier alpha value is -1.42. The Morgan fingerprint density at radius 3 is 2.29 bits per heavy atom. The smallest absolute Gasteiger partial charge is 0.310 e. The van der Waals surface area contributed by atoms with Crippen LogP contribution in [-0.2, 0) is 9.59 Å². The Morgan fingerprint density at radius 2 is 1.65 bits per heavy atom. The van der Waals surface area contributed by atoms with Gasteiger partial charge in [0.15, 0.2) is 5.78 Å². The molecule has 5 aliphatic rings. The van der Waals surface area contributed by atoms with Gasteiger partial charge in [-0.2, -0.15) is 0 Å². The number of aliphatic hydroxyl groups is 1. The van der Waals surface area contributed by atoms with E-state index in [2.05, 4.69) is 53.7 Å². The highest BCUT2D eigenvalue weighted by molar-refractivity contribution is 5.95. The summed E-state index contributed by atoms with van der Waals surface area (Å²) in [5.41, 5.74) is -1.28. The highest BCUT2D eigenvalue weighted by atomic mass is 16.4. The van der Waals surface area contributed by atoms with Crippen molar-refractivity contribution in [3.05, 3.63) is 23.8 Å². The van der Waals surface area contributed by atoms with Crippen LogP contribution >= 0.6 is 0 Å². The third-order valence-corrected chi connectivity index (χ3v) is 12.8. The lowest BCUT2D eigenvalue weighted by Gasteiger charge is -2.70. The second-order valence-electron chi connectivity index (χ2n) is 14.1. The molecule has 0 unspecified atom stereocenters. The summed E-state index contributed by atoms with van der Waals surface area (Å²) < 4.78 is 0. The second kappa shape index (κ2) is 6.87. The zero-order valence-corrected chi connectivity index (χ0v) is 22.2. The van der Waals surface area contributed by atoms with Gasteiger partial charge in [0.05, 0.1) is 11.0 Å². The monoisotopic (exact) mass is 468 g/mol. The largest absolute Gasteiger partial charge is 0.481 e. The number of fused-ring (bicyclic) bond motifs is 7. The summed E-state index contributed by atoms with van der Waals surface area (Å²) in [6.45, 7) is 15.4. The molecule has 34 heavy (non-hydrogen) atoms. The lowest BCUT2D eigenvalue weighted by molar-refractivity contribution is -0.199. The number of rotatable bonds is 1. The van der Waals surface area contributed by atoms with Crippen molar-refractivity contribution < 1.29 is 19.8 Å². The quantitative estimate of drug-likeness (QED) is 0.450. The highest BCUT2D eigenvalue weighted by Crippen LogP contribution is 2.75. The van der Waals surface area contributed by atoms with Crippen molar-refractivity contribution >= 4 is 11.8 Å². The van der Waals surface area contributed by atoms with E-state index in [4.69, 9.17) is 0 Å². The molecule has 4 heteroatoms. The van der Waals surface area contributed by atoms with E-state index in [-0.39, 0.29) is 39.3 Å². The van der Waals surface area contributed by atoms with Crippen LogP contribution in [0.1, 0.15) is 93.4 Å². The van der Waals surface area contributed by atoms with E-state index >= 15 is 0 Å². The molecule has 0 aliphatic heterocycles. The maximum Gasteiger partial charge on any atom is 0.310 e. The van der Waals surface area contributed by atoms with Crippen LogP contribution in [0, 0.1) is 50.7 Å². The van der Waals surface area contributed by atoms with Gasteiger partial charge in [-0.25, -0.2) is 0 Å². The van der Waals surface area contributed by atoms with E-state index < -0.39 is 17.0 Å². The summed E-state index contributed by atoms with van der Waals surface area (Å²) in [5.74, 6) is -0.0598. The maximum atomic E-state index is 12.8. The summed E-state index contributed by atoms with van der Waals surface area (Å²) >= 11 is 0. The zero-order valence-electron chi connectivity index (χ0n) is 22.2. The molecular formula is C30H44O4. The average Bonchev–Trinajstić information content (AvgIpc) is 2.74. The number of hydrogen-bond donors (Lipinski definition) is 2. The van der Waals surface area contributed by atoms with Gasteiger partial charge >= 0.3 is 5.97 Å². The SMILES string of the molecule is C[C@@H]1CC[C@]2(C(=O)O)CC[C@]3(C)C(=CC[C@@H]4[C@@]5(C)C=CC(=O)C(C)(C)[C@@H]5CC[C@]43C)[C@@H]2[C@]1(C)O. The predicted octanol–water partition coefficient (Wildman–Crippen LogP) is 6.19. The first kappa shape index (κ1) is 24.3. The van der Waals surface area contributed by atoms with Crippen molar-refractivity contribution in [2.75, 3.05) is 0 Å². The van der Waals surface area contributed by atoms with Gasteiger partial charge in [-0.1, -0.05) is 59.3 Å². The minimum absolute atomic E-state index is 0.00936. The van der Waals surface area contributed by atoms with Gasteiger partial charge < -0.3 is 10.2 Å². The first-order valence-corrected chi connectivity index (χ1v) is 13.5. The Morgan fingerprint density at radius 1 is 0.971 bits per heavy atom. The van der Waals surface area contributed by atoms with Crippen LogP contribution in [0.5, 0.6) is 0 Å². The molecule has 5 aliphatic carbocycles. The number of aliphatic carboxylic acids is 1. The standard InChI is InChI=1S/C30H44O4/c1-18-10-15-30(24(32)33)17-16-27(5)19(23(30)29(18,7)34)8-9-21-26(4)13-12-22(31)25(2,3)20(26)11-14-28(21,27)6/h8,12-13,18,20-21,23,34H,9-11,14-17H2,1-7H3,(H,32,33)/t18-,20+,21-,23-,26+,27-,28-,29-,30+/m1/s1. The summed E-state index contributed by atoms with van der Waals surface area (Å²) in [6.07, 6.45) is 12.2. The average molecular weight is 469 g/mol. The number of carboxylic acid groups (broad SMARTS) is 1. The molecular weight excluding hydrogens is 424 g/mol. The van der Waals surface area contributed by atoms with Crippen LogP contribution in [0.25, 0.3) is 0 Å². The van der Waals surface area contributed by atoms with Crippen LogP contribution in [0.2, 0.25) is 0 Å². The summed E-state index contributed by atoms with van der Waals surface area (Å²) in [4.78, 5) is 25.6. The van der Waals surface area contributed by atoms with Gasteiger partial charge in [0.1, 0.15) is 0 Å². The summed E-state index contributed by atoms with van der Waals surface area (Å²) in [7, 11) is 0. The van der Waals surface area contributed by atoms with Crippen LogP contribution < -0.4 is 0 Å². The van der Waals surface area contributed by atoms with E-state index in [1.165, 1.54) is 5.57 Å². The van der Waals surface area contributed by atoms with E-state index in [1.54, 1.807) is 0 Å². The van der Waals surface area contributed by atoms with Crippen molar-refractivity contribution in [3.63, 3.8) is 0 Å². The fraction of sp³-hybridized carbons (Fsp3) is 0.800. The highest BCUT2D eigenvalue weighted by Gasteiger charge is 2.70. The lowest BCUT2D eigenvalue weighted by Crippen LogP contribution is -2.67. The molecule has 3 saturated carbocycles. The zero-order chi connectivity index (χ0) is 25.1. The number of carbonyl (C=O) groups is 2. The first-order valence-electron chi connectivity index (χ1n) is 13.5. The molecule has 9 atom stereocenters. The van der Waals surface area contributed by atoms with Crippen molar-refractivity contribution in [1.29, 1.82) is 0 Å². The van der Waals surface area contributed by atoms with E-state index in [9.17, 15) is 19.8 Å². The normalized spacial score (nSPS) is 53.6. The van der Waals surface area contributed by atoms with E-state index in [0.717, 1.165) is 32.1 Å². The van der Waals surface area contributed by atoms with Gasteiger partial charge in [-0.05, 0) is 91.9 Å². The number of carbonyl (C=O) groups excluding carboxylic acids is 1. The van der Waals surface area contributed by atoms with Gasteiger partial charge in [-0.15, -0.1) is 0 Å². The minimum Gasteiger partial charge on any atom is -0.481 e. The molecule has 188 valence electrons. The van der Waals surface area contributed by atoms with E-state index in [1.807, 2.05) is 13.0 Å². The number of allylic oxidation sites excluding steroid dienone is 3. The Kier molecular flexibility index (Phi) is 4.90. The van der Waals surface area contributed by atoms with Crippen LogP contribution in [0.3, 0.4) is 0 Å². The number of carboxylic acids is 1. The van der Waals surface area contributed by atoms with Crippen LogP contribution in [0.15, 0.2) is 23.8 Å². The molecule has 0 heterocycles. The van der Waals surface area contributed by atoms with E-state index in [0.29, 0.717) is 24.7 Å². The van der Waals surface area contributed by atoms with Gasteiger partial charge in [-0.3, -0.25) is 9.59 Å². The van der Waals surface area contributed by atoms with Crippen LogP contribution in [0.4, 0.5) is 0 Å². The molecule has 5 rings (SSSR count).